The number of ether oxygens (including phenoxy) is 1. The van der Waals surface area contributed by atoms with Gasteiger partial charge in [0.05, 0.1) is 24.8 Å². The smallest absolute Gasteiger partial charge is 0.253 e. The van der Waals surface area contributed by atoms with Crippen LogP contribution in [0.15, 0.2) is 47.8 Å². The van der Waals surface area contributed by atoms with Gasteiger partial charge in [-0.25, -0.2) is 0 Å². The van der Waals surface area contributed by atoms with Crippen LogP contribution in [-0.2, 0) is 4.74 Å². The van der Waals surface area contributed by atoms with Crippen LogP contribution in [0.1, 0.15) is 38.2 Å². The van der Waals surface area contributed by atoms with Gasteiger partial charge in [0.25, 0.3) is 5.91 Å². The molecule has 4 rings (SSSR count). The first-order chi connectivity index (χ1) is 14.5. The zero-order chi connectivity index (χ0) is 21.1. The number of hydrogen-bond donors (Lipinski definition) is 1. The molecule has 0 spiro atoms. The van der Waals surface area contributed by atoms with Gasteiger partial charge in [-0.05, 0) is 50.4 Å². The molecule has 0 unspecified atom stereocenters. The number of carbonyl (C=O) groups is 1. The van der Waals surface area contributed by atoms with Gasteiger partial charge in [-0.2, -0.15) is 0 Å². The summed E-state index contributed by atoms with van der Waals surface area (Å²) in [6, 6.07) is 14.8. The Morgan fingerprint density at radius 1 is 1.13 bits per heavy atom. The molecule has 158 valence electrons. The fourth-order valence-electron chi connectivity index (χ4n) is 4.15. The van der Waals surface area contributed by atoms with Crippen LogP contribution in [0.4, 0.5) is 0 Å². The van der Waals surface area contributed by atoms with Crippen molar-refractivity contribution in [3.8, 4) is 5.69 Å². The van der Waals surface area contributed by atoms with E-state index in [4.69, 9.17) is 4.74 Å². The number of nitrogens with one attached hydrogen (secondary N) is 1. The standard InChI is InChI=1S/C24H29N3O2S/c1-17-6-8-20(9-7-17)27-18(2)15-21(19(27)3)24(28)25-16-22(23-5-4-14-30-23)26-10-12-29-13-11-26/h4-9,14-15,22H,10-13,16H2,1-3H3,(H,25,28)/t22-/m1/s1. The second-order valence-corrected chi connectivity index (χ2v) is 8.82. The SMILES string of the molecule is Cc1ccc(-n2c(C)cc(C(=O)NC[C@H](c3cccs3)N3CCOCC3)c2C)cc1. The molecule has 1 fully saturated rings. The van der Waals surface area contributed by atoms with Gasteiger partial charge in [-0.3, -0.25) is 9.69 Å². The Kier molecular flexibility index (Phi) is 6.37. The zero-order valence-electron chi connectivity index (χ0n) is 17.9. The largest absolute Gasteiger partial charge is 0.379 e. The van der Waals surface area contributed by atoms with Gasteiger partial charge in [-0.15, -0.1) is 11.3 Å². The van der Waals surface area contributed by atoms with E-state index in [0.29, 0.717) is 6.54 Å². The van der Waals surface area contributed by atoms with E-state index in [2.05, 4.69) is 63.5 Å². The fourth-order valence-corrected chi connectivity index (χ4v) is 5.01. The van der Waals surface area contributed by atoms with E-state index in [1.165, 1.54) is 10.4 Å². The number of morpholine rings is 1. The van der Waals surface area contributed by atoms with Crippen molar-refractivity contribution in [2.24, 2.45) is 0 Å². The highest BCUT2D eigenvalue weighted by Crippen LogP contribution is 2.26. The lowest BCUT2D eigenvalue weighted by Gasteiger charge is -2.34. The molecule has 6 heteroatoms. The van der Waals surface area contributed by atoms with Crippen molar-refractivity contribution in [2.45, 2.75) is 26.8 Å². The molecule has 0 saturated carbocycles. The predicted octanol–water partition coefficient (Wildman–Crippen LogP) is 4.27. The molecule has 1 aromatic carbocycles. The molecule has 5 nitrogen and oxygen atoms in total. The van der Waals surface area contributed by atoms with Gasteiger partial charge in [-0.1, -0.05) is 23.8 Å². The summed E-state index contributed by atoms with van der Waals surface area (Å²) in [7, 11) is 0. The summed E-state index contributed by atoms with van der Waals surface area (Å²) in [5, 5.41) is 5.30. The average molecular weight is 424 g/mol. The quantitative estimate of drug-likeness (QED) is 0.644. The molecular formula is C24H29N3O2S. The second kappa shape index (κ2) is 9.16. The topological polar surface area (TPSA) is 46.5 Å². The first-order valence-electron chi connectivity index (χ1n) is 10.4. The molecule has 1 amide bonds. The van der Waals surface area contributed by atoms with E-state index in [-0.39, 0.29) is 11.9 Å². The number of amides is 1. The lowest BCUT2D eigenvalue weighted by Crippen LogP contribution is -2.43. The highest BCUT2D eigenvalue weighted by Gasteiger charge is 2.25. The van der Waals surface area contributed by atoms with Crippen LogP contribution in [0.25, 0.3) is 5.69 Å². The van der Waals surface area contributed by atoms with E-state index < -0.39 is 0 Å². The van der Waals surface area contributed by atoms with E-state index in [9.17, 15) is 4.79 Å². The molecule has 1 saturated heterocycles. The lowest BCUT2D eigenvalue weighted by molar-refractivity contribution is 0.0169. The number of aromatic nitrogens is 1. The molecule has 0 bridgehead atoms. The molecule has 0 radical (unpaired) electrons. The number of aryl methyl sites for hydroxylation is 2. The van der Waals surface area contributed by atoms with Crippen molar-refractivity contribution in [3.05, 3.63) is 75.2 Å². The lowest BCUT2D eigenvalue weighted by atomic mass is 10.1. The van der Waals surface area contributed by atoms with E-state index in [1.54, 1.807) is 11.3 Å². The molecule has 3 heterocycles. The van der Waals surface area contributed by atoms with E-state index in [1.807, 2.05) is 19.9 Å². The Labute approximate surface area is 182 Å². The minimum atomic E-state index is -0.0173. The number of nitrogens with zero attached hydrogens (tertiary/aromatic N) is 2. The molecule has 1 atom stereocenters. The van der Waals surface area contributed by atoms with E-state index >= 15 is 0 Å². The van der Waals surface area contributed by atoms with Crippen LogP contribution >= 0.6 is 11.3 Å². The Hall–Kier alpha value is -2.41. The van der Waals surface area contributed by atoms with Crippen molar-refractivity contribution in [2.75, 3.05) is 32.8 Å². The Balaban J connectivity index is 1.52. The highest BCUT2D eigenvalue weighted by atomic mass is 32.1. The van der Waals surface area contributed by atoms with Gasteiger partial charge in [0.1, 0.15) is 0 Å². The summed E-state index contributed by atoms with van der Waals surface area (Å²) in [5.41, 5.74) is 5.07. The number of carbonyl (C=O) groups excluding carboxylic acids is 1. The van der Waals surface area contributed by atoms with Crippen LogP contribution in [0.2, 0.25) is 0 Å². The number of thiophene rings is 1. The normalized spacial score (nSPS) is 15.8. The highest BCUT2D eigenvalue weighted by molar-refractivity contribution is 7.10. The maximum Gasteiger partial charge on any atom is 0.253 e. The molecule has 30 heavy (non-hydrogen) atoms. The zero-order valence-corrected chi connectivity index (χ0v) is 18.7. The first kappa shape index (κ1) is 20.8. The number of rotatable bonds is 6. The summed E-state index contributed by atoms with van der Waals surface area (Å²) in [6.45, 7) is 10.00. The minimum Gasteiger partial charge on any atom is -0.379 e. The third-order valence-electron chi connectivity index (χ3n) is 5.78. The Morgan fingerprint density at radius 2 is 1.87 bits per heavy atom. The van der Waals surface area contributed by atoms with Crippen molar-refractivity contribution in [3.63, 3.8) is 0 Å². The Morgan fingerprint density at radius 3 is 2.53 bits per heavy atom. The molecule has 2 aromatic heterocycles. The van der Waals surface area contributed by atoms with Crippen molar-refractivity contribution >= 4 is 17.2 Å². The summed E-state index contributed by atoms with van der Waals surface area (Å²) >= 11 is 1.74. The molecule has 0 aliphatic carbocycles. The van der Waals surface area contributed by atoms with Gasteiger partial charge in [0.15, 0.2) is 0 Å². The first-order valence-corrected chi connectivity index (χ1v) is 11.3. The minimum absolute atomic E-state index is 0.0173. The molecular weight excluding hydrogens is 394 g/mol. The third kappa shape index (κ3) is 4.36. The maximum absolute atomic E-state index is 13.1. The van der Waals surface area contributed by atoms with Crippen LogP contribution < -0.4 is 5.32 Å². The number of hydrogen-bond acceptors (Lipinski definition) is 4. The van der Waals surface area contributed by atoms with Crippen LogP contribution in [-0.4, -0.2) is 48.2 Å². The summed E-state index contributed by atoms with van der Waals surface area (Å²) in [6.07, 6.45) is 0. The fraction of sp³-hybridized carbons (Fsp3) is 0.375. The second-order valence-electron chi connectivity index (χ2n) is 7.85. The van der Waals surface area contributed by atoms with Crippen LogP contribution in [0.5, 0.6) is 0 Å². The summed E-state index contributed by atoms with van der Waals surface area (Å²) in [4.78, 5) is 16.8. The molecule has 3 aromatic rings. The van der Waals surface area contributed by atoms with Crippen LogP contribution in [0, 0.1) is 20.8 Å². The van der Waals surface area contributed by atoms with Crippen LogP contribution in [0.3, 0.4) is 0 Å². The average Bonchev–Trinajstić information content (AvgIpc) is 3.38. The predicted molar refractivity (Wildman–Crippen MR) is 122 cm³/mol. The van der Waals surface area contributed by atoms with Gasteiger partial charge in [0, 0.05) is 41.6 Å². The van der Waals surface area contributed by atoms with Gasteiger partial charge < -0.3 is 14.6 Å². The number of benzene rings is 1. The van der Waals surface area contributed by atoms with Crippen molar-refractivity contribution in [1.29, 1.82) is 0 Å². The monoisotopic (exact) mass is 423 g/mol. The van der Waals surface area contributed by atoms with Gasteiger partial charge in [0.2, 0.25) is 0 Å². The molecule has 1 aliphatic heterocycles. The summed E-state index contributed by atoms with van der Waals surface area (Å²) in [5.74, 6) is -0.0173. The maximum atomic E-state index is 13.1. The third-order valence-corrected chi connectivity index (χ3v) is 6.76. The molecule has 1 N–H and O–H groups in total. The van der Waals surface area contributed by atoms with E-state index in [0.717, 1.165) is 48.9 Å². The summed E-state index contributed by atoms with van der Waals surface area (Å²) < 4.78 is 7.66. The van der Waals surface area contributed by atoms with Gasteiger partial charge >= 0.3 is 0 Å². The van der Waals surface area contributed by atoms with Crippen molar-refractivity contribution in [1.82, 2.24) is 14.8 Å². The molecule has 1 aliphatic rings. The van der Waals surface area contributed by atoms with Crippen molar-refractivity contribution < 1.29 is 9.53 Å². The Bertz CT molecular complexity index is 986.